The van der Waals surface area contributed by atoms with E-state index in [2.05, 4.69) is 15.4 Å². The molecule has 0 aromatic heterocycles. The van der Waals surface area contributed by atoms with Crippen molar-refractivity contribution in [2.45, 2.75) is 43.1 Å². The number of benzene rings is 3. The standard InChI is InChI=1S/C29H33N3O7S/c33-24-19-30-18-17-21-5-7-23(8-6-21)32-40(36,37)27-15-9-22(10-16-27)31-28(34)3-1-2-4-29(35)39-26-13-11-25(12-14-26)38-20-24/h5-16,24,30,32-33H,1-4,17-20H2,(H,31,34)/t24-/m0/s1. The maximum absolute atomic E-state index is 12.8. The Labute approximate surface area is 233 Å². The van der Waals surface area contributed by atoms with Crippen LogP contribution in [0.1, 0.15) is 31.2 Å². The van der Waals surface area contributed by atoms with Crippen LogP contribution < -0.4 is 24.8 Å². The number of amides is 1. The van der Waals surface area contributed by atoms with Crippen molar-refractivity contribution in [2.75, 3.05) is 29.7 Å². The van der Waals surface area contributed by atoms with E-state index in [0.29, 0.717) is 55.2 Å². The zero-order chi connectivity index (χ0) is 28.4. The molecule has 4 N–H and O–H groups in total. The zero-order valence-corrected chi connectivity index (χ0v) is 22.8. The van der Waals surface area contributed by atoms with E-state index >= 15 is 0 Å². The summed E-state index contributed by atoms with van der Waals surface area (Å²) in [5.74, 6) is 0.288. The fraction of sp³-hybridized carbons (Fsp3) is 0.310. The van der Waals surface area contributed by atoms with E-state index in [4.69, 9.17) is 9.47 Å². The molecule has 212 valence electrons. The number of rotatable bonds is 0. The molecule has 1 amide bonds. The number of esters is 1. The molecule has 3 aromatic carbocycles. The van der Waals surface area contributed by atoms with Gasteiger partial charge in [-0.2, -0.15) is 0 Å². The molecule has 0 radical (unpaired) electrons. The first kappa shape index (κ1) is 29.1. The summed E-state index contributed by atoms with van der Waals surface area (Å²) in [5, 5.41) is 16.1. The molecular weight excluding hydrogens is 534 g/mol. The predicted octanol–water partition coefficient (Wildman–Crippen LogP) is 3.48. The van der Waals surface area contributed by atoms with E-state index in [9.17, 15) is 23.1 Å². The van der Waals surface area contributed by atoms with Gasteiger partial charge in [0.05, 0.1) is 4.90 Å². The second-order valence-electron chi connectivity index (χ2n) is 9.45. The Bertz CT molecular complexity index is 1380. The van der Waals surface area contributed by atoms with E-state index < -0.39 is 22.1 Å². The second kappa shape index (κ2) is 13.9. The van der Waals surface area contributed by atoms with Crippen molar-refractivity contribution in [2.24, 2.45) is 0 Å². The van der Waals surface area contributed by atoms with Crippen molar-refractivity contribution < 1.29 is 32.6 Å². The molecule has 1 atom stereocenters. The van der Waals surface area contributed by atoms with Crippen LogP contribution in [0.3, 0.4) is 0 Å². The average molecular weight is 568 g/mol. The Morgan fingerprint density at radius 2 is 1.43 bits per heavy atom. The lowest BCUT2D eigenvalue weighted by Gasteiger charge is -2.14. The Kier molecular flexibility index (Phi) is 10.1. The minimum Gasteiger partial charge on any atom is -0.491 e. The molecule has 0 saturated carbocycles. The van der Waals surface area contributed by atoms with Crippen LogP contribution in [0.5, 0.6) is 11.5 Å². The number of hydrogen-bond donors (Lipinski definition) is 4. The van der Waals surface area contributed by atoms with Crippen molar-refractivity contribution in [1.29, 1.82) is 0 Å². The number of aliphatic hydroxyl groups excluding tert-OH is 1. The molecule has 0 fully saturated rings. The van der Waals surface area contributed by atoms with Gasteiger partial charge in [0.1, 0.15) is 24.2 Å². The zero-order valence-electron chi connectivity index (χ0n) is 22.0. The van der Waals surface area contributed by atoms with E-state index in [-0.39, 0.29) is 30.3 Å². The van der Waals surface area contributed by atoms with Crippen LogP contribution in [-0.2, 0) is 26.0 Å². The smallest absolute Gasteiger partial charge is 0.311 e. The summed E-state index contributed by atoms with van der Waals surface area (Å²) in [6.45, 7) is 1.05. The van der Waals surface area contributed by atoms with E-state index in [0.717, 1.165) is 5.56 Å². The summed E-state index contributed by atoms with van der Waals surface area (Å²) >= 11 is 0. The number of anilines is 2. The maximum Gasteiger partial charge on any atom is 0.311 e. The van der Waals surface area contributed by atoms with Gasteiger partial charge < -0.3 is 25.2 Å². The monoisotopic (exact) mass is 567 g/mol. The van der Waals surface area contributed by atoms with E-state index in [1.165, 1.54) is 24.3 Å². The Morgan fingerprint density at radius 1 is 0.775 bits per heavy atom. The first-order chi connectivity index (χ1) is 19.3. The molecule has 0 unspecified atom stereocenters. The Balaban J connectivity index is 1.41. The summed E-state index contributed by atoms with van der Waals surface area (Å²) in [7, 11) is -3.81. The van der Waals surface area contributed by atoms with E-state index in [1.807, 2.05) is 12.1 Å². The summed E-state index contributed by atoms with van der Waals surface area (Å²) in [5.41, 5.74) is 1.92. The lowest BCUT2D eigenvalue weighted by Crippen LogP contribution is -2.32. The highest BCUT2D eigenvalue weighted by atomic mass is 32.2. The third kappa shape index (κ3) is 9.08. The minimum absolute atomic E-state index is 0.0679. The van der Waals surface area contributed by atoms with Crippen molar-refractivity contribution in [3.05, 3.63) is 78.4 Å². The van der Waals surface area contributed by atoms with Crippen LogP contribution in [0.4, 0.5) is 11.4 Å². The van der Waals surface area contributed by atoms with Gasteiger partial charge in [0.15, 0.2) is 0 Å². The number of aliphatic hydroxyl groups is 1. The van der Waals surface area contributed by atoms with Crippen LogP contribution >= 0.6 is 0 Å². The molecule has 40 heavy (non-hydrogen) atoms. The van der Waals surface area contributed by atoms with Crippen LogP contribution in [0.2, 0.25) is 0 Å². The fourth-order valence-corrected chi connectivity index (χ4v) is 5.05. The molecule has 10 nitrogen and oxygen atoms in total. The minimum atomic E-state index is -3.81. The lowest BCUT2D eigenvalue weighted by molar-refractivity contribution is -0.134. The Morgan fingerprint density at radius 3 is 2.15 bits per heavy atom. The van der Waals surface area contributed by atoms with Crippen molar-refractivity contribution in [3.8, 4) is 11.5 Å². The summed E-state index contributed by atoms with van der Waals surface area (Å²) in [4.78, 5) is 24.5. The van der Waals surface area contributed by atoms with Crippen molar-refractivity contribution in [1.82, 2.24) is 5.32 Å². The maximum atomic E-state index is 12.8. The van der Waals surface area contributed by atoms with Gasteiger partial charge in [-0.3, -0.25) is 14.3 Å². The number of carbonyl (C=O) groups is 2. The first-order valence-corrected chi connectivity index (χ1v) is 14.6. The van der Waals surface area contributed by atoms with Crippen LogP contribution in [0.25, 0.3) is 0 Å². The van der Waals surface area contributed by atoms with Gasteiger partial charge in [-0.15, -0.1) is 0 Å². The third-order valence-corrected chi connectivity index (χ3v) is 7.55. The van der Waals surface area contributed by atoms with Gasteiger partial charge in [-0.05, 0) is 92.0 Å². The fourth-order valence-electron chi connectivity index (χ4n) is 3.99. The van der Waals surface area contributed by atoms with Crippen LogP contribution in [0, 0.1) is 0 Å². The molecular formula is C29H33N3O7S. The normalized spacial score (nSPS) is 19.3. The molecule has 0 saturated heterocycles. The van der Waals surface area contributed by atoms with Gasteiger partial charge in [0.2, 0.25) is 5.91 Å². The third-order valence-electron chi connectivity index (χ3n) is 6.16. The van der Waals surface area contributed by atoms with Gasteiger partial charge in [0, 0.05) is 30.8 Å². The molecule has 4 heterocycles. The molecule has 4 aliphatic heterocycles. The number of ether oxygens (including phenoxy) is 2. The van der Waals surface area contributed by atoms with Crippen molar-refractivity contribution >= 4 is 33.3 Å². The number of fused-ring (bicyclic) bond motifs is 3. The van der Waals surface area contributed by atoms with Crippen LogP contribution in [0.15, 0.2) is 77.7 Å². The van der Waals surface area contributed by atoms with Crippen molar-refractivity contribution in [3.63, 3.8) is 0 Å². The largest absolute Gasteiger partial charge is 0.491 e. The average Bonchev–Trinajstić information content (AvgIpc) is 2.94. The predicted molar refractivity (Wildman–Crippen MR) is 151 cm³/mol. The highest BCUT2D eigenvalue weighted by Gasteiger charge is 2.15. The second-order valence-corrected chi connectivity index (χ2v) is 11.1. The first-order valence-electron chi connectivity index (χ1n) is 13.1. The summed E-state index contributed by atoms with van der Waals surface area (Å²) in [6.07, 6.45) is 1.30. The number of nitrogens with one attached hydrogen (secondary N) is 3. The highest BCUT2D eigenvalue weighted by molar-refractivity contribution is 7.92. The van der Waals surface area contributed by atoms with Gasteiger partial charge in [0.25, 0.3) is 10.0 Å². The number of carbonyl (C=O) groups excluding carboxylic acids is 2. The Hall–Kier alpha value is -3.93. The molecule has 0 aliphatic carbocycles. The quantitative estimate of drug-likeness (QED) is 0.239. The molecule has 3 aromatic rings. The highest BCUT2D eigenvalue weighted by Crippen LogP contribution is 2.20. The summed E-state index contributed by atoms with van der Waals surface area (Å²) in [6, 6.07) is 19.6. The lowest BCUT2D eigenvalue weighted by atomic mass is 10.1. The van der Waals surface area contributed by atoms with Gasteiger partial charge >= 0.3 is 5.97 Å². The van der Waals surface area contributed by atoms with Crippen LogP contribution in [-0.4, -0.2) is 51.2 Å². The topological polar surface area (TPSA) is 143 Å². The SMILES string of the molecule is O=C1CCCCC(=O)Oc2ccc(cc2)OC[C@@H](O)CNCCc2ccc(cc2)NS(=O)(=O)c2ccc(cc2)N1. The molecule has 0 spiro atoms. The molecule has 11 heteroatoms. The summed E-state index contributed by atoms with van der Waals surface area (Å²) < 4.78 is 39.1. The van der Waals surface area contributed by atoms with Gasteiger partial charge in [-0.25, -0.2) is 8.42 Å². The number of sulfonamides is 1. The van der Waals surface area contributed by atoms with E-state index in [1.54, 1.807) is 36.4 Å². The van der Waals surface area contributed by atoms with Gasteiger partial charge in [-0.1, -0.05) is 12.1 Å². The molecule has 6 bridgehead atoms. The molecule has 7 rings (SSSR count). The number of hydrogen-bond acceptors (Lipinski definition) is 8. The molecule has 4 aliphatic rings.